The topological polar surface area (TPSA) is 15.3 Å². The van der Waals surface area contributed by atoms with Crippen LogP contribution < -0.4 is 21.1 Å². The van der Waals surface area contributed by atoms with Gasteiger partial charge in [-0.1, -0.05) is 169 Å². The van der Waals surface area contributed by atoms with Crippen LogP contribution in [-0.4, -0.2) is 7.28 Å². The molecule has 0 amide bonds. The van der Waals surface area contributed by atoms with E-state index in [4.69, 9.17) is 0 Å². The first-order chi connectivity index (χ1) is 33.3. The van der Waals surface area contributed by atoms with Crippen LogP contribution in [0.25, 0.3) is 33.0 Å². The molecule has 0 aromatic heterocycles. The minimum Gasteiger partial charge on any atom is -0.355 e. The van der Waals surface area contributed by atoms with E-state index in [0.717, 1.165) is 12.8 Å². The van der Waals surface area contributed by atoms with Crippen LogP contribution in [0, 0.1) is 6.92 Å². The molecule has 7 aromatic rings. The molecule has 0 saturated heterocycles. The van der Waals surface area contributed by atoms with Crippen molar-refractivity contribution in [2.24, 2.45) is 0 Å². The van der Waals surface area contributed by atoms with Crippen LogP contribution in [0.4, 0.5) is 28.4 Å². The van der Waals surface area contributed by atoms with Gasteiger partial charge in [-0.3, -0.25) is 0 Å². The largest absolute Gasteiger partial charge is 0.355 e. The van der Waals surface area contributed by atoms with Gasteiger partial charge in [0.05, 0.1) is 0 Å². The number of nitrogens with zero attached hydrogens (tertiary/aromatic N) is 1. The van der Waals surface area contributed by atoms with Crippen molar-refractivity contribution in [3.8, 4) is 22.3 Å². The van der Waals surface area contributed by atoms with Gasteiger partial charge in [-0.15, -0.1) is 0 Å². The molecule has 0 unspecified atom stereocenters. The second kappa shape index (κ2) is 15.0. The van der Waals surface area contributed by atoms with E-state index in [-0.39, 0.29) is 37.9 Å². The van der Waals surface area contributed by atoms with E-state index in [2.05, 4.69) is 231 Å². The molecular formula is C68H76BN2. The van der Waals surface area contributed by atoms with Crippen molar-refractivity contribution in [3.05, 3.63) is 159 Å². The van der Waals surface area contributed by atoms with Gasteiger partial charge in [-0.05, 0) is 198 Å². The third-order valence-corrected chi connectivity index (χ3v) is 19.4. The van der Waals surface area contributed by atoms with Gasteiger partial charge in [-0.25, -0.2) is 0 Å². The molecule has 0 spiro atoms. The van der Waals surface area contributed by atoms with Crippen LogP contribution in [0.1, 0.15) is 186 Å². The lowest BCUT2D eigenvalue weighted by Crippen LogP contribution is -2.42. The van der Waals surface area contributed by atoms with Crippen molar-refractivity contribution in [3.63, 3.8) is 0 Å². The molecule has 0 bridgehead atoms. The Morgan fingerprint density at radius 3 is 1.63 bits per heavy atom. The SMILES string of the molecule is Cc1cc2c(cc1N1c3cc4c(cc3[B]c3c(-c5cc6c(cc5Nc5ccc7c(c5)C(C)(C)CCC7(C)C)C(C)(C)CCC6(C)C)cc5ccccc5c31)C(C)(C)c1ccccc1-4)C(C)(C)CCC2(C)C. The fourth-order valence-electron chi connectivity index (χ4n) is 14.3. The van der Waals surface area contributed by atoms with Crippen LogP contribution in [0.3, 0.4) is 0 Å². The number of rotatable bonds is 4. The number of anilines is 5. The highest BCUT2D eigenvalue weighted by molar-refractivity contribution is 6.74. The summed E-state index contributed by atoms with van der Waals surface area (Å²) < 4.78 is 0. The predicted octanol–water partition coefficient (Wildman–Crippen LogP) is 17.4. The average Bonchev–Trinajstić information content (AvgIpc) is 3.54. The Labute approximate surface area is 427 Å². The monoisotopic (exact) mass is 932 g/mol. The maximum absolute atomic E-state index is 4.21. The maximum Gasteiger partial charge on any atom is 0.197 e. The summed E-state index contributed by atoms with van der Waals surface area (Å²) in [7, 11) is 2.57. The summed E-state index contributed by atoms with van der Waals surface area (Å²) >= 11 is 0. The molecule has 1 radical (unpaired) electrons. The summed E-state index contributed by atoms with van der Waals surface area (Å²) in [6.07, 6.45) is 7.08. The van der Waals surface area contributed by atoms with Crippen LogP contribution in [0.15, 0.2) is 109 Å². The number of hydrogen-bond acceptors (Lipinski definition) is 2. The molecule has 0 saturated carbocycles. The summed E-state index contributed by atoms with van der Waals surface area (Å²) in [4.78, 5) is 2.71. The molecule has 5 aliphatic rings. The van der Waals surface area contributed by atoms with Crippen molar-refractivity contribution in [1.29, 1.82) is 0 Å². The molecule has 12 rings (SSSR count). The molecule has 0 fully saturated rings. The maximum atomic E-state index is 4.21. The van der Waals surface area contributed by atoms with E-state index in [9.17, 15) is 0 Å². The fourth-order valence-corrected chi connectivity index (χ4v) is 14.3. The van der Waals surface area contributed by atoms with Gasteiger partial charge in [0.15, 0.2) is 7.28 Å². The van der Waals surface area contributed by atoms with Gasteiger partial charge in [0.25, 0.3) is 0 Å². The molecular weight excluding hydrogens is 856 g/mol. The smallest absolute Gasteiger partial charge is 0.197 e. The Balaban J connectivity index is 1.16. The first-order valence-corrected chi connectivity index (χ1v) is 27.1. The highest BCUT2D eigenvalue weighted by atomic mass is 15.2. The summed E-state index contributed by atoms with van der Waals surface area (Å²) in [6, 6.07) is 43.7. The van der Waals surface area contributed by atoms with Crippen LogP contribution in [-0.2, 0) is 37.9 Å². The summed E-state index contributed by atoms with van der Waals surface area (Å²) in [5.74, 6) is 0. The number of nitrogens with one attached hydrogen (secondary N) is 1. The number of aryl methyl sites for hydroxylation is 1. The second-order valence-electron chi connectivity index (χ2n) is 27.3. The molecule has 361 valence electrons. The molecule has 1 aliphatic heterocycles. The fraction of sp³-hybridized carbons (Fsp3) is 0.412. The van der Waals surface area contributed by atoms with Crippen LogP contribution >= 0.6 is 0 Å². The van der Waals surface area contributed by atoms with E-state index >= 15 is 0 Å². The number of hydrogen-bond donors (Lipinski definition) is 1. The van der Waals surface area contributed by atoms with Crippen molar-refractivity contribution in [2.45, 2.75) is 180 Å². The van der Waals surface area contributed by atoms with Crippen molar-refractivity contribution in [2.75, 3.05) is 10.2 Å². The third kappa shape index (κ3) is 6.93. The molecule has 3 heteroatoms. The van der Waals surface area contributed by atoms with E-state index in [0.29, 0.717) is 0 Å². The first kappa shape index (κ1) is 46.5. The zero-order valence-corrected chi connectivity index (χ0v) is 45.7. The van der Waals surface area contributed by atoms with Crippen LogP contribution in [0.5, 0.6) is 0 Å². The van der Waals surface area contributed by atoms with E-state index in [1.807, 2.05) is 0 Å². The molecule has 0 atom stereocenters. The van der Waals surface area contributed by atoms with Gasteiger partial charge in [-0.2, -0.15) is 0 Å². The van der Waals surface area contributed by atoms with Gasteiger partial charge < -0.3 is 10.2 Å². The van der Waals surface area contributed by atoms with E-state index < -0.39 is 0 Å². The average molecular weight is 932 g/mol. The summed E-state index contributed by atoms with van der Waals surface area (Å²) in [6.45, 7) is 36.7. The Hall–Kier alpha value is -5.54. The zero-order valence-electron chi connectivity index (χ0n) is 45.7. The Morgan fingerprint density at radius 1 is 0.423 bits per heavy atom. The Morgan fingerprint density at radius 2 is 0.972 bits per heavy atom. The molecule has 4 aliphatic carbocycles. The summed E-state index contributed by atoms with van der Waals surface area (Å²) in [5.41, 5.74) is 27.4. The van der Waals surface area contributed by atoms with E-state index in [1.165, 1.54) is 148 Å². The molecule has 2 nitrogen and oxygen atoms in total. The lowest BCUT2D eigenvalue weighted by molar-refractivity contribution is 0.332. The van der Waals surface area contributed by atoms with Crippen LogP contribution in [0.2, 0.25) is 0 Å². The Bertz CT molecular complexity index is 3420. The quantitative estimate of drug-likeness (QED) is 0.177. The van der Waals surface area contributed by atoms with Crippen molar-refractivity contribution >= 4 is 57.4 Å². The number of benzene rings is 7. The minimum atomic E-state index is -0.129. The molecule has 7 aromatic carbocycles. The Kier molecular flexibility index (Phi) is 9.85. The van der Waals surface area contributed by atoms with Gasteiger partial charge in [0, 0.05) is 44.8 Å². The van der Waals surface area contributed by atoms with Gasteiger partial charge >= 0.3 is 0 Å². The molecule has 1 heterocycles. The third-order valence-electron chi connectivity index (χ3n) is 19.4. The highest BCUT2D eigenvalue weighted by Gasteiger charge is 2.44. The molecule has 71 heavy (non-hydrogen) atoms. The lowest BCUT2D eigenvalue weighted by Gasteiger charge is -2.44. The lowest BCUT2D eigenvalue weighted by atomic mass is 9.56. The zero-order chi connectivity index (χ0) is 50.2. The number of fused-ring (bicyclic) bond motifs is 10. The highest BCUT2D eigenvalue weighted by Crippen LogP contribution is 2.56. The van der Waals surface area contributed by atoms with Gasteiger partial charge in [0.2, 0.25) is 0 Å². The first-order valence-electron chi connectivity index (χ1n) is 27.1. The summed E-state index contributed by atoms with van der Waals surface area (Å²) in [5, 5.41) is 6.74. The standard InChI is InChI=1S/C68H76BN2/c1-40-32-51-55(67(12,13)31-28-63(51,4)5)39-58(40)71-59-36-45-44-22-18-19-23-48(44)68(14,15)50(45)37-56(59)69-60-47(33-41-20-16-17-21-43(41)61(60)71)46-35-53-54(66(10,11)30-29-65(53,8)9)38-57(46)70-42-24-25-49-52(34-42)64(6,7)27-26-62(49,2)3/h16-25,32-39,70H,26-31H2,1-15H3. The molecule has 1 N–H and O–H groups in total. The predicted molar refractivity (Wildman–Crippen MR) is 307 cm³/mol. The van der Waals surface area contributed by atoms with Crippen molar-refractivity contribution in [1.82, 2.24) is 0 Å². The van der Waals surface area contributed by atoms with Gasteiger partial charge in [0.1, 0.15) is 0 Å². The van der Waals surface area contributed by atoms with E-state index in [1.54, 1.807) is 0 Å². The minimum absolute atomic E-state index is 0.0286. The normalized spacial score (nSPS) is 20.6. The van der Waals surface area contributed by atoms with Crippen molar-refractivity contribution < 1.29 is 0 Å². The second-order valence-corrected chi connectivity index (χ2v) is 27.3.